The summed E-state index contributed by atoms with van der Waals surface area (Å²) in [5, 5.41) is 8.93. The molecular weight excluding hydrogens is 222 g/mol. The maximum atomic E-state index is 11.7. The third-order valence-electron chi connectivity index (χ3n) is 3.47. The Bertz CT molecular complexity index is 432. The van der Waals surface area contributed by atoms with Gasteiger partial charge in [0.1, 0.15) is 0 Å². The predicted octanol–water partition coefficient (Wildman–Crippen LogP) is -0.316. The van der Waals surface area contributed by atoms with Crippen LogP contribution in [0.25, 0.3) is 0 Å². The molecule has 2 saturated heterocycles. The van der Waals surface area contributed by atoms with Crippen molar-refractivity contribution in [3.05, 3.63) is 5.82 Å². The summed E-state index contributed by atoms with van der Waals surface area (Å²) < 4.78 is 5.72. The van der Waals surface area contributed by atoms with E-state index in [0.717, 1.165) is 19.3 Å². The fourth-order valence-corrected chi connectivity index (χ4v) is 2.64. The van der Waals surface area contributed by atoms with Gasteiger partial charge in [0.2, 0.25) is 11.8 Å². The second kappa shape index (κ2) is 3.99. The number of carbonyl (C=O) groups is 1. The van der Waals surface area contributed by atoms with Gasteiger partial charge in [-0.25, -0.2) is 0 Å². The highest BCUT2D eigenvalue weighted by atomic mass is 16.5. The molecule has 2 aliphatic rings. The average molecular weight is 237 g/mol. The van der Waals surface area contributed by atoms with Gasteiger partial charge >= 0.3 is 0 Å². The molecule has 3 atom stereocenters. The molecule has 0 aromatic carbocycles. The van der Waals surface area contributed by atoms with Crippen LogP contribution in [0.3, 0.4) is 0 Å². The summed E-state index contributed by atoms with van der Waals surface area (Å²) in [4.78, 5) is 15.5. The summed E-state index contributed by atoms with van der Waals surface area (Å²) in [6.07, 6.45) is 4.04. The van der Waals surface area contributed by atoms with Gasteiger partial charge in [-0.1, -0.05) is 0 Å². The fourth-order valence-electron chi connectivity index (χ4n) is 2.64. The zero-order chi connectivity index (χ0) is 11.8. The van der Waals surface area contributed by atoms with Crippen LogP contribution in [0.5, 0.6) is 0 Å². The highest BCUT2D eigenvalue weighted by Gasteiger charge is 2.40. The number of rotatable bonds is 3. The van der Waals surface area contributed by atoms with Crippen LogP contribution in [0.1, 0.15) is 29.9 Å². The minimum absolute atomic E-state index is 0.0819. The predicted molar refractivity (Wildman–Crippen MR) is 59.1 cm³/mol. The molecule has 0 radical (unpaired) electrons. The molecule has 92 valence electrons. The van der Waals surface area contributed by atoms with Gasteiger partial charge in [0, 0.05) is 12.5 Å². The zero-order valence-electron chi connectivity index (χ0n) is 9.35. The summed E-state index contributed by atoms with van der Waals surface area (Å²) in [5.74, 6) is 0.403. The second-order valence-electron chi connectivity index (χ2n) is 4.62. The van der Waals surface area contributed by atoms with E-state index in [1.807, 2.05) is 0 Å². The first kappa shape index (κ1) is 10.5. The van der Waals surface area contributed by atoms with E-state index in [9.17, 15) is 4.79 Å². The molecule has 1 aromatic rings. The SMILES string of the molecule is Nc1n[nH]c(C(=O)NCC2CC3CCC2O3)n1. The molecule has 1 aromatic heterocycles. The number of amides is 1. The molecular formula is C10H15N5O2. The molecule has 1 amide bonds. The van der Waals surface area contributed by atoms with Crippen molar-refractivity contribution in [3.8, 4) is 0 Å². The molecule has 0 spiro atoms. The summed E-state index contributed by atoms with van der Waals surface area (Å²) in [5.41, 5.74) is 5.33. The quantitative estimate of drug-likeness (QED) is 0.668. The molecule has 2 bridgehead atoms. The molecule has 0 aliphatic carbocycles. The highest BCUT2D eigenvalue weighted by molar-refractivity contribution is 5.90. The Balaban J connectivity index is 1.53. The highest BCUT2D eigenvalue weighted by Crippen LogP contribution is 2.38. The number of nitrogen functional groups attached to an aromatic ring is 1. The van der Waals surface area contributed by atoms with Crippen LogP contribution >= 0.6 is 0 Å². The molecule has 3 unspecified atom stereocenters. The van der Waals surface area contributed by atoms with Crippen molar-refractivity contribution in [2.24, 2.45) is 5.92 Å². The molecule has 7 heteroatoms. The first-order valence-electron chi connectivity index (χ1n) is 5.84. The Morgan fingerprint density at radius 1 is 1.59 bits per heavy atom. The number of nitrogens with zero attached hydrogens (tertiary/aromatic N) is 2. The molecule has 3 heterocycles. The Morgan fingerprint density at radius 2 is 2.47 bits per heavy atom. The zero-order valence-corrected chi connectivity index (χ0v) is 9.35. The van der Waals surface area contributed by atoms with E-state index >= 15 is 0 Å². The number of fused-ring (bicyclic) bond motifs is 2. The molecule has 2 aliphatic heterocycles. The molecule has 4 N–H and O–H groups in total. The standard InChI is InChI=1S/C10H15N5O2/c11-10-13-8(14-15-10)9(16)12-4-5-3-6-1-2-7(5)17-6/h5-7H,1-4H2,(H,12,16)(H3,11,13,14,15). The van der Waals surface area contributed by atoms with E-state index in [2.05, 4.69) is 20.5 Å². The van der Waals surface area contributed by atoms with Gasteiger partial charge in [-0.05, 0) is 19.3 Å². The number of hydrogen-bond acceptors (Lipinski definition) is 5. The van der Waals surface area contributed by atoms with Gasteiger partial charge in [0.25, 0.3) is 5.91 Å². The van der Waals surface area contributed by atoms with Crippen molar-refractivity contribution in [1.82, 2.24) is 20.5 Å². The van der Waals surface area contributed by atoms with Crippen molar-refractivity contribution in [2.45, 2.75) is 31.5 Å². The van der Waals surface area contributed by atoms with Crippen LogP contribution in [0, 0.1) is 5.92 Å². The van der Waals surface area contributed by atoms with Gasteiger partial charge in [-0.2, -0.15) is 4.98 Å². The largest absolute Gasteiger partial charge is 0.375 e. The van der Waals surface area contributed by atoms with Crippen LogP contribution in [-0.4, -0.2) is 39.8 Å². The fraction of sp³-hybridized carbons (Fsp3) is 0.700. The van der Waals surface area contributed by atoms with Gasteiger partial charge in [-0.15, -0.1) is 5.10 Å². The van der Waals surface area contributed by atoms with Gasteiger partial charge in [-0.3, -0.25) is 9.89 Å². The maximum Gasteiger partial charge on any atom is 0.288 e. The van der Waals surface area contributed by atoms with Crippen LogP contribution < -0.4 is 11.1 Å². The third kappa shape index (κ3) is 1.97. The van der Waals surface area contributed by atoms with E-state index in [0.29, 0.717) is 24.7 Å². The number of aromatic amines is 1. The molecule has 0 saturated carbocycles. The van der Waals surface area contributed by atoms with Crippen LogP contribution in [-0.2, 0) is 4.74 Å². The monoisotopic (exact) mass is 237 g/mol. The maximum absolute atomic E-state index is 11.7. The van der Waals surface area contributed by atoms with Crippen molar-refractivity contribution in [3.63, 3.8) is 0 Å². The van der Waals surface area contributed by atoms with E-state index in [1.54, 1.807) is 0 Å². The molecule has 2 fully saturated rings. The number of nitrogens with two attached hydrogens (primary N) is 1. The number of aromatic nitrogens is 3. The van der Waals surface area contributed by atoms with E-state index in [1.165, 1.54) is 0 Å². The number of anilines is 1. The van der Waals surface area contributed by atoms with Crippen molar-refractivity contribution >= 4 is 11.9 Å². The smallest absolute Gasteiger partial charge is 0.288 e. The molecule has 3 rings (SSSR count). The normalized spacial score (nSPS) is 30.7. The number of H-pyrrole nitrogens is 1. The average Bonchev–Trinajstić information content (AvgIpc) is 3.01. The summed E-state index contributed by atoms with van der Waals surface area (Å²) >= 11 is 0. The Labute approximate surface area is 98.1 Å². The third-order valence-corrected chi connectivity index (χ3v) is 3.47. The number of ether oxygens (including phenoxy) is 1. The van der Waals surface area contributed by atoms with Crippen LogP contribution in [0.2, 0.25) is 0 Å². The summed E-state index contributed by atoms with van der Waals surface area (Å²) in [7, 11) is 0. The Morgan fingerprint density at radius 3 is 3.06 bits per heavy atom. The summed E-state index contributed by atoms with van der Waals surface area (Å²) in [6, 6.07) is 0. The lowest BCUT2D eigenvalue weighted by Crippen LogP contribution is -2.34. The van der Waals surface area contributed by atoms with E-state index in [4.69, 9.17) is 10.5 Å². The minimum atomic E-state index is -0.267. The van der Waals surface area contributed by atoms with Gasteiger partial charge in [0.05, 0.1) is 12.2 Å². The lowest BCUT2D eigenvalue weighted by Gasteiger charge is -2.18. The number of hydrogen-bond donors (Lipinski definition) is 3. The van der Waals surface area contributed by atoms with Crippen molar-refractivity contribution < 1.29 is 9.53 Å². The Hall–Kier alpha value is -1.63. The minimum Gasteiger partial charge on any atom is -0.375 e. The lowest BCUT2D eigenvalue weighted by molar-refractivity contribution is 0.0868. The van der Waals surface area contributed by atoms with Crippen LogP contribution in [0.4, 0.5) is 5.95 Å². The van der Waals surface area contributed by atoms with E-state index < -0.39 is 0 Å². The van der Waals surface area contributed by atoms with Crippen molar-refractivity contribution in [2.75, 3.05) is 12.3 Å². The molecule has 17 heavy (non-hydrogen) atoms. The first-order valence-corrected chi connectivity index (χ1v) is 5.84. The summed E-state index contributed by atoms with van der Waals surface area (Å²) in [6.45, 7) is 0.626. The van der Waals surface area contributed by atoms with E-state index in [-0.39, 0.29) is 17.7 Å². The molecule has 7 nitrogen and oxygen atoms in total. The number of nitrogens with one attached hydrogen (secondary N) is 2. The second-order valence-corrected chi connectivity index (χ2v) is 4.62. The first-order chi connectivity index (χ1) is 8.22. The lowest BCUT2D eigenvalue weighted by atomic mass is 9.89. The topological polar surface area (TPSA) is 106 Å². The van der Waals surface area contributed by atoms with Gasteiger partial charge < -0.3 is 15.8 Å². The number of carbonyl (C=O) groups excluding carboxylic acids is 1. The Kier molecular flexibility index (Phi) is 2.47. The van der Waals surface area contributed by atoms with Crippen molar-refractivity contribution in [1.29, 1.82) is 0 Å². The van der Waals surface area contributed by atoms with Gasteiger partial charge in [0.15, 0.2) is 0 Å². The van der Waals surface area contributed by atoms with Crippen LogP contribution in [0.15, 0.2) is 0 Å².